The molecule has 122 valence electrons. The Morgan fingerprint density at radius 3 is 2.82 bits per heavy atom. The lowest BCUT2D eigenvalue weighted by atomic mass is 9.71. The van der Waals surface area contributed by atoms with Crippen LogP contribution in [-0.4, -0.2) is 36.5 Å². The van der Waals surface area contributed by atoms with E-state index in [1.807, 2.05) is 0 Å². The Labute approximate surface area is 135 Å². The van der Waals surface area contributed by atoms with E-state index in [0.29, 0.717) is 23.2 Å². The highest BCUT2D eigenvalue weighted by atomic mass is 79.9. The molecule has 0 amide bonds. The topological polar surface area (TPSA) is 64.7 Å². The first-order valence-electron chi connectivity index (χ1n) is 7.16. The van der Waals surface area contributed by atoms with Gasteiger partial charge in [-0.1, -0.05) is 15.9 Å². The van der Waals surface area contributed by atoms with Gasteiger partial charge in [0.25, 0.3) is 5.92 Å². The molecule has 1 aromatic carbocycles. The van der Waals surface area contributed by atoms with Gasteiger partial charge in [0, 0.05) is 23.1 Å². The molecular weight excluding hydrogens is 360 g/mol. The first kappa shape index (κ1) is 16.1. The average molecular weight is 378 g/mol. The smallest absolute Gasteiger partial charge is 0.292 e. The van der Waals surface area contributed by atoms with Crippen molar-refractivity contribution in [1.29, 1.82) is 0 Å². The molecule has 3 N–H and O–H groups in total. The number of fused-ring (bicyclic) bond motifs is 1. The van der Waals surface area contributed by atoms with Gasteiger partial charge < -0.3 is 20.3 Å². The minimum atomic E-state index is -3.46. The number of halogens is 3. The van der Waals surface area contributed by atoms with Gasteiger partial charge in [-0.25, -0.2) is 8.78 Å². The van der Waals surface area contributed by atoms with E-state index < -0.39 is 23.7 Å². The summed E-state index contributed by atoms with van der Waals surface area (Å²) in [6.45, 7) is -0.498. The molecule has 1 fully saturated rings. The lowest BCUT2D eigenvalue weighted by Crippen LogP contribution is -2.63. The van der Waals surface area contributed by atoms with Gasteiger partial charge >= 0.3 is 0 Å². The molecule has 2 aliphatic rings. The largest absolute Gasteiger partial charge is 0.484 e. The molecule has 2 unspecified atom stereocenters. The fourth-order valence-electron chi connectivity index (χ4n) is 3.33. The van der Waals surface area contributed by atoms with Gasteiger partial charge in [0.2, 0.25) is 0 Å². The quantitative estimate of drug-likeness (QED) is 0.831. The van der Waals surface area contributed by atoms with E-state index >= 15 is 0 Å². The van der Waals surface area contributed by atoms with Crippen molar-refractivity contribution in [3.63, 3.8) is 0 Å². The van der Waals surface area contributed by atoms with Gasteiger partial charge in [-0.2, -0.15) is 0 Å². The third-order valence-electron chi connectivity index (χ3n) is 4.49. The molecule has 7 heteroatoms. The normalized spacial score (nSPS) is 31.7. The third kappa shape index (κ3) is 2.44. The summed E-state index contributed by atoms with van der Waals surface area (Å²) >= 11 is 3.28. The van der Waals surface area contributed by atoms with E-state index in [9.17, 15) is 13.9 Å². The predicted molar refractivity (Wildman–Crippen MR) is 80.1 cm³/mol. The molecule has 2 heterocycles. The highest BCUT2D eigenvalue weighted by Crippen LogP contribution is 2.51. The second kappa shape index (κ2) is 5.40. The first-order chi connectivity index (χ1) is 10.3. The van der Waals surface area contributed by atoms with Gasteiger partial charge in [-0.3, -0.25) is 0 Å². The molecule has 1 saturated heterocycles. The summed E-state index contributed by atoms with van der Waals surface area (Å²) in [5.74, 6) is -3.13. The van der Waals surface area contributed by atoms with Crippen LogP contribution in [0.1, 0.15) is 24.8 Å². The Morgan fingerprint density at radius 2 is 2.18 bits per heavy atom. The van der Waals surface area contributed by atoms with E-state index in [2.05, 4.69) is 15.9 Å². The Morgan fingerprint density at radius 1 is 1.41 bits per heavy atom. The highest BCUT2D eigenvalue weighted by molar-refractivity contribution is 9.10. The van der Waals surface area contributed by atoms with Crippen LogP contribution in [0.3, 0.4) is 0 Å². The number of nitrogens with two attached hydrogens (primary N) is 1. The van der Waals surface area contributed by atoms with Crippen LogP contribution < -0.4 is 10.5 Å². The summed E-state index contributed by atoms with van der Waals surface area (Å²) in [4.78, 5) is 0. The molecule has 0 aromatic heterocycles. The van der Waals surface area contributed by atoms with Gasteiger partial charge in [-0.15, -0.1) is 0 Å². The zero-order chi connectivity index (χ0) is 16.0. The van der Waals surface area contributed by atoms with E-state index in [-0.39, 0.29) is 18.6 Å². The van der Waals surface area contributed by atoms with Crippen molar-refractivity contribution in [2.45, 2.75) is 36.3 Å². The van der Waals surface area contributed by atoms with Gasteiger partial charge in [0.05, 0.1) is 6.61 Å². The van der Waals surface area contributed by atoms with Crippen LogP contribution in [0.5, 0.6) is 5.75 Å². The van der Waals surface area contributed by atoms with Crippen LogP contribution in [0.4, 0.5) is 8.78 Å². The van der Waals surface area contributed by atoms with Gasteiger partial charge in [-0.05, 0) is 31.0 Å². The van der Waals surface area contributed by atoms with E-state index in [0.717, 1.165) is 6.42 Å². The van der Waals surface area contributed by atoms with Crippen LogP contribution in [0.2, 0.25) is 0 Å². The molecule has 1 spiro atoms. The zero-order valence-corrected chi connectivity index (χ0v) is 13.5. The van der Waals surface area contributed by atoms with Crippen LogP contribution in [-0.2, 0) is 10.3 Å². The summed E-state index contributed by atoms with van der Waals surface area (Å²) in [6, 6.07) is 4.89. The lowest BCUT2D eigenvalue weighted by Gasteiger charge is -2.50. The lowest BCUT2D eigenvalue weighted by molar-refractivity contribution is -0.165. The van der Waals surface area contributed by atoms with E-state index in [1.165, 1.54) is 6.07 Å². The Balaban J connectivity index is 2.13. The molecule has 2 aliphatic heterocycles. The Kier molecular flexibility index (Phi) is 3.96. The fraction of sp³-hybridized carbons (Fsp3) is 0.600. The SMILES string of the molecule is NC1(C(F)(F)CO)CC2(CCCOC2)Oc2ccc(Br)cc21. The van der Waals surface area contributed by atoms with Crippen LogP contribution in [0, 0.1) is 0 Å². The molecule has 22 heavy (non-hydrogen) atoms. The maximum atomic E-state index is 14.5. The van der Waals surface area contributed by atoms with E-state index in [4.69, 9.17) is 15.2 Å². The summed E-state index contributed by atoms with van der Waals surface area (Å²) in [6.07, 6.45) is 1.23. The minimum absolute atomic E-state index is 0.100. The van der Waals surface area contributed by atoms with Crippen molar-refractivity contribution < 1.29 is 23.4 Å². The maximum Gasteiger partial charge on any atom is 0.292 e. The summed E-state index contributed by atoms with van der Waals surface area (Å²) in [7, 11) is 0. The Bertz CT molecular complexity index is 578. The number of alkyl halides is 2. The molecule has 0 saturated carbocycles. The van der Waals surface area contributed by atoms with Crippen molar-refractivity contribution in [3.8, 4) is 5.75 Å². The van der Waals surface area contributed by atoms with Crippen molar-refractivity contribution in [2.24, 2.45) is 5.73 Å². The molecule has 3 rings (SSSR count). The minimum Gasteiger partial charge on any atom is -0.484 e. The molecule has 4 nitrogen and oxygen atoms in total. The number of hydrogen-bond acceptors (Lipinski definition) is 4. The van der Waals surface area contributed by atoms with Crippen LogP contribution in [0.25, 0.3) is 0 Å². The molecule has 0 radical (unpaired) electrons. The number of hydrogen-bond donors (Lipinski definition) is 2. The second-order valence-corrected chi connectivity index (χ2v) is 7.01. The van der Waals surface area contributed by atoms with Crippen molar-refractivity contribution in [2.75, 3.05) is 19.8 Å². The standard InChI is InChI=1S/C15H18BrF2NO3/c16-10-2-3-12-11(6-10)14(19,15(17,18)8-20)7-13(22-12)4-1-5-21-9-13/h2-3,6,20H,1,4-5,7-9,19H2. The van der Waals surface area contributed by atoms with Crippen LogP contribution >= 0.6 is 15.9 Å². The second-order valence-electron chi connectivity index (χ2n) is 6.09. The van der Waals surface area contributed by atoms with Crippen LogP contribution in [0.15, 0.2) is 22.7 Å². The highest BCUT2D eigenvalue weighted by Gasteiger charge is 2.60. The summed E-state index contributed by atoms with van der Waals surface area (Å²) in [5, 5.41) is 9.18. The first-order valence-corrected chi connectivity index (χ1v) is 7.96. The zero-order valence-electron chi connectivity index (χ0n) is 11.9. The number of aliphatic hydroxyl groups excluding tert-OH is 1. The molecule has 2 atom stereocenters. The summed E-state index contributed by atoms with van der Waals surface area (Å²) < 4.78 is 41.1. The van der Waals surface area contributed by atoms with Gasteiger partial charge in [0.1, 0.15) is 23.5 Å². The number of benzene rings is 1. The van der Waals surface area contributed by atoms with Crippen molar-refractivity contribution in [3.05, 3.63) is 28.2 Å². The third-order valence-corrected chi connectivity index (χ3v) is 4.98. The van der Waals surface area contributed by atoms with Crippen molar-refractivity contribution in [1.82, 2.24) is 0 Å². The van der Waals surface area contributed by atoms with Gasteiger partial charge in [0.15, 0.2) is 0 Å². The average Bonchev–Trinajstić information content (AvgIpc) is 2.49. The molecule has 0 aliphatic carbocycles. The summed E-state index contributed by atoms with van der Waals surface area (Å²) in [5.41, 5.74) is 3.50. The monoisotopic (exact) mass is 377 g/mol. The fourth-order valence-corrected chi connectivity index (χ4v) is 3.69. The number of ether oxygens (including phenoxy) is 2. The number of aliphatic hydroxyl groups is 1. The molecular formula is C15H18BrF2NO3. The number of rotatable bonds is 2. The molecule has 1 aromatic rings. The Hall–Kier alpha value is -0.760. The van der Waals surface area contributed by atoms with E-state index in [1.54, 1.807) is 12.1 Å². The maximum absolute atomic E-state index is 14.5. The predicted octanol–water partition coefficient (Wildman–Crippen LogP) is 2.56. The van der Waals surface area contributed by atoms with Crippen molar-refractivity contribution >= 4 is 15.9 Å². The molecule has 0 bridgehead atoms.